The number of carbonyl (C=O) groups excluding carboxylic acids is 1. The number of nitrogens with one attached hydrogen (secondary N) is 1. The van der Waals surface area contributed by atoms with Crippen LogP contribution in [0.4, 0.5) is 15.8 Å². The number of piperazine rings is 1. The Balaban J connectivity index is 1.56. The molecule has 6 nitrogen and oxygen atoms in total. The standard InChI is InChI=1S/C25H25FN4O2/c1-32-23-10-6-5-9-22(23)27-25(28-24(31)19-7-3-2-4-8-19)30-17-15-29(16-18-30)21-13-11-20(26)12-14-21/h2-14H,15-18H2,1H3,(H,27,28,31). The Morgan fingerprint density at radius 3 is 2.25 bits per heavy atom. The maximum atomic E-state index is 13.3. The Bertz CT molecular complexity index is 1080. The summed E-state index contributed by atoms with van der Waals surface area (Å²) in [5, 5.41) is 2.98. The number of benzene rings is 3. The molecule has 0 radical (unpaired) electrons. The number of anilines is 1. The van der Waals surface area contributed by atoms with Gasteiger partial charge in [-0.15, -0.1) is 0 Å². The number of methoxy groups -OCH3 is 1. The van der Waals surface area contributed by atoms with E-state index in [9.17, 15) is 9.18 Å². The van der Waals surface area contributed by atoms with Crippen molar-refractivity contribution in [2.75, 3.05) is 38.2 Å². The second-order valence-corrected chi connectivity index (χ2v) is 7.38. The van der Waals surface area contributed by atoms with E-state index in [1.165, 1.54) is 12.1 Å². The van der Waals surface area contributed by atoms with Gasteiger partial charge >= 0.3 is 0 Å². The predicted molar refractivity (Wildman–Crippen MR) is 124 cm³/mol. The lowest BCUT2D eigenvalue weighted by atomic mass is 10.2. The molecule has 1 heterocycles. The number of guanidine groups is 1. The SMILES string of the molecule is COc1ccccc1N=C(NC(=O)c1ccccc1)N1CCN(c2ccc(F)cc2)CC1. The van der Waals surface area contributed by atoms with Gasteiger partial charge in [0, 0.05) is 37.4 Å². The number of rotatable bonds is 4. The Morgan fingerprint density at radius 2 is 1.56 bits per heavy atom. The van der Waals surface area contributed by atoms with Crippen molar-refractivity contribution >= 4 is 23.2 Å². The van der Waals surface area contributed by atoms with E-state index in [0.717, 1.165) is 18.8 Å². The van der Waals surface area contributed by atoms with Gasteiger partial charge in [-0.2, -0.15) is 0 Å². The van der Waals surface area contributed by atoms with Gasteiger partial charge in [-0.05, 0) is 48.5 Å². The van der Waals surface area contributed by atoms with Gasteiger partial charge in [0.2, 0.25) is 5.96 Å². The molecule has 0 spiro atoms. The van der Waals surface area contributed by atoms with Crippen molar-refractivity contribution in [2.45, 2.75) is 0 Å². The molecule has 1 aliphatic heterocycles. The number of carbonyl (C=O) groups is 1. The summed E-state index contributed by atoms with van der Waals surface area (Å²) in [5.74, 6) is 0.633. The fraction of sp³-hybridized carbons (Fsp3) is 0.200. The lowest BCUT2D eigenvalue weighted by Gasteiger charge is -2.37. The zero-order valence-electron chi connectivity index (χ0n) is 17.9. The van der Waals surface area contributed by atoms with Crippen molar-refractivity contribution in [2.24, 2.45) is 4.99 Å². The molecule has 1 N–H and O–H groups in total. The first-order valence-corrected chi connectivity index (χ1v) is 10.5. The molecule has 1 aliphatic rings. The van der Waals surface area contributed by atoms with Crippen molar-refractivity contribution in [1.82, 2.24) is 10.2 Å². The van der Waals surface area contributed by atoms with E-state index in [1.807, 2.05) is 47.4 Å². The second kappa shape index (κ2) is 9.96. The molecular formula is C25H25FN4O2. The van der Waals surface area contributed by atoms with Crippen molar-refractivity contribution < 1.29 is 13.9 Å². The van der Waals surface area contributed by atoms with Crippen LogP contribution in [0.3, 0.4) is 0 Å². The maximum Gasteiger partial charge on any atom is 0.257 e. The van der Waals surface area contributed by atoms with Crippen molar-refractivity contribution in [1.29, 1.82) is 0 Å². The molecular weight excluding hydrogens is 407 g/mol. The number of para-hydroxylation sites is 2. The van der Waals surface area contributed by atoms with Crippen molar-refractivity contribution in [3.05, 3.63) is 90.2 Å². The lowest BCUT2D eigenvalue weighted by molar-refractivity contribution is 0.0971. The molecule has 1 amide bonds. The summed E-state index contributed by atoms with van der Waals surface area (Å²) in [6.45, 7) is 2.75. The minimum absolute atomic E-state index is 0.222. The number of halogens is 1. The molecule has 4 rings (SSSR count). The highest BCUT2D eigenvalue weighted by Crippen LogP contribution is 2.27. The monoisotopic (exact) mass is 432 g/mol. The number of nitrogens with zero attached hydrogens (tertiary/aromatic N) is 3. The molecule has 0 atom stereocenters. The average molecular weight is 432 g/mol. The minimum Gasteiger partial charge on any atom is -0.494 e. The minimum atomic E-state index is -0.248. The molecule has 32 heavy (non-hydrogen) atoms. The van der Waals surface area contributed by atoms with Crippen LogP contribution >= 0.6 is 0 Å². The highest BCUT2D eigenvalue weighted by Gasteiger charge is 2.22. The van der Waals surface area contributed by atoms with Gasteiger partial charge < -0.3 is 14.5 Å². The van der Waals surface area contributed by atoms with Crippen LogP contribution in [-0.4, -0.2) is 50.1 Å². The summed E-state index contributed by atoms with van der Waals surface area (Å²) in [6.07, 6.45) is 0. The third-order valence-electron chi connectivity index (χ3n) is 5.34. The molecule has 1 fully saturated rings. The highest BCUT2D eigenvalue weighted by atomic mass is 19.1. The Hall–Kier alpha value is -3.87. The third kappa shape index (κ3) is 5.06. The van der Waals surface area contributed by atoms with Crippen molar-refractivity contribution in [3.63, 3.8) is 0 Å². The van der Waals surface area contributed by atoms with E-state index in [2.05, 4.69) is 10.2 Å². The molecule has 3 aromatic rings. The molecule has 0 saturated carbocycles. The topological polar surface area (TPSA) is 57.2 Å². The summed E-state index contributed by atoms with van der Waals surface area (Å²) in [6, 6.07) is 23.0. The highest BCUT2D eigenvalue weighted by molar-refractivity contribution is 6.06. The molecule has 0 aliphatic carbocycles. The fourth-order valence-electron chi connectivity index (χ4n) is 3.61. The number of amides is 1. The smallest absolute Gasteiger partial charge is 0.257 e. The number of hydrogen-bond acceptors (Lipinski definition) is 4. The molecule has 0 unspecified atom stereocenters. The average Bonchev–Trinajstić information content (AvgIpc) is 2.85. The maximum absolute atomic E-state index is 13.3. The first-order valence-electron chi connectivity index (χ1n) is 10.5. The summed E-state index contributed by atoms with van der Waals surface area (Å²) in [5.41, 5.74) is 2.17. The fourth-order valence-corrected chi connectivity index (χ4v) is 3.61. The first kappa shape index (κ1) is 21.4. The largest absolute Gasteiger partial charge is 0.494 e. The van der Waals surface area contributed by atoms with Gasteiger partial charge in [-0.25, -0.2) is 9.38 Å². The summed E-state index contributed by atoms with van der Waals surface area (Å²) < 4.78 is 18.7. The zero-order chi connectivity index (χ0) is 22.3. The molecule has 3 aromatic carbocycles. The quantitative estimate of drug-likeness (QED) is 0.499. The van der Waals surface area contributed by atoms with Crippen LogP contribution in [0, 0.1) is 5.82 Å². The molecule has 0 bridgehead atoms. The number of hydrogen-bond donors (Lipinski definition) is 1. The van der Waals surface area contributed by atoms with E-state index in [-0.39, 0.29) is 11.7 Å². The van der Waals surface area contributed by atoms with Gasteiger partial charge in [0.1, 0.15) is 17.3 Å². The van der Waals surface area contributed by atoms with Crippen LogP contribution in [-0.2, 0) is 0 Å². The van der Waals surface area contributed by atoms with Gasteiger partial charge in [-0.3, -0.25) is 10.1 Å². The lowest BCUT2D eigenvalue weighted by Crippen LogP contribution is -2.53. The Kier molecular flexibility index (Phi) is 6.65. The Labute approximate surface area is 186 Å². The van der Waals surface area contributed by atoms with Crippen LogP contribution in [0.5, 0.6) is 5.75 Å². The third-order valence-corrected chi connectivity index (χ3v) is 5.34. The van der Waals surface area contributed by atoms with Crippen LogP contribution in [0.15, 0.2) is 83.9 Å². The van der Waals surface area contributed by atoms with Gasteiger partial charge in [-0.1, -0.05) is 30.3 Å². The second-order valence-electron chi connectivity index (χ2n) is 7.38. The summed E-state index contributed by atoms with van der Waals surface area (Å²) in [4.78, 5) is 21.8. The molecule has 1 saturated heterocycles. The summed E-state index contributed by atoms with van der Waals surface area (Å²) >= 11 is 0. The first-order chi connectivity index (χ1) is 15.6. The van der Waals surface area contributed by atoms with Gasteiger partial charge in [0.05, 0.1) is 7.11 Å². The van der Waals surface area contributed by atoms with Crippen molar-refractivity contribution in [3.8, 4) is 5.75 Å². The van der Waals surface area contributed by atoms with Crippen LogP contribution in [0.1, 0.15) is 10.4 Å². The number of aliphatic imine (C=N–C) groups is 1. The summed E-state index contributed by atoms with van der Waals surface area (Å²) in [7, 11) is 1.60. The van der Waals surface area contributed by atoms with Gasteiger partial charge in [0.15, 0.2) is 0 Å². The Morgan fingerprint density at radius 1 is 0.906 bits per heavy atom. The molecule has 0 aromatic heterocycles. The van der Waals surface area contributed by atoms with E-state index < -0.39 is 0 Å². The van der Waals surface area contributed by atoms with E-state index >= 15 is 0 Å². The number of ether oxygens (including phenoxy) is 1. The molecule has 7 heteroatoms. The normalized spacial score (nSPS) is 14.2. The van der Waals surface area contributed by atoms with E-state index in [4.69, 9.17) is 9.73 Å². The molecule has 164 valence electrons. The van der Waals surface area contributed by atoms with Gasteiger partial charge in [0.25, 0.3) is 5.91 Å². The van der Waals surface area contributed by atoms with E-state index in [1.54, 1.807) is 31.4 Å². The van der Waals surface area contributed by atoms with Crippen LogP contribution in [0.25, 0.3) is 0 Å². The van der Waals surface area contributed by atoms with Crippen LogP contribution in [0.2, 0.25) is 0 Å². The van der Waals surface area contributed by atoms with E-state index in [0.29, 0.717) is 36.0 Å². The van der Waals surface area contributed by atoms with Crippen LogP contribution < -0.4 is 15.0 Å². The zero-order valence-corrected chi connectivity index (χ0v) is 17.9. The predicted octanol–water partition coefficient (Wildman–Crippen LogP) is 4.07.